The first-order chi connectivity index (χ1) is 15.4. The minimum Gasteiger partial charge on any atom is -0.365 e. The number of fused-ring (bicyclic) bond motifs is 2. The van der Waals surface area contributed by atoms with E-state index < -0.39 is 28.9 Å². The van der Waals surface area contributed by atoms with Crippen LogP contribution in [-0.4, -0.2) is 58.5 Å². The van der Waals surface area contributed by atoms with Gasteiger partial charge in [-0.05, 0) is 24.0 Å². The number of hydrogen-bond donors (Lipinski definition) is 0. The third-order valence-electron chi connectivity index (χ3n) is 6.44. The number of nitrogens with zero attached hydrogens (tertiary/aromatic N) is 4. The molecular formula is C22H23F3N4O2S. The smallest absolute Gasteiger partial charge is 0.365 e. The van der Waals surface area contributed by atoms with Crippen LogP contribution in [0.5, 0.6) is 0 Å². The van der Waals surface area contributed by atoms with E-state index in [2.05, 4.69) is 16.0 Å². The van der Waals surface area contributed by atoms with E-state index in [1.54, 1.807) is 16.7 Å². The van der Waals surface area contributed by atoms with E-state index in [4.69, 9.17) is 4.74 Å². The largest absolute Gasteiger partial charge is 0.434 e. The van der Waals surface area contributed by atoms with E-state index in [-0.39, 0.29) is 5.95 Å². The van der Waals surface area contributed by atoms with Crippen LogP contribution in [0.3, 0.4) is 0 Å². The first-order valence-electron chi connectivity index (χ1n) is 10.7. The normalized spacial score (nSPS) is 20.5. The summed E-state index contributed by atoms with van der Waals surface area (Å²) in [6, 6.07) is 8.08. The number of hydrogen-bond acceptors (Lipinski definition) is 6. The number of rotatable bonds is 2. The summed E-state index contributed by atoms with van der Waals surface area (Å²) < 4.78 is 47.6. The maximum Gasteiger partial charge on any atom is 0.434 e. The molecule has 5 rings (SSSR count). The number of piperidine rings is 1. The van der Waals surface area contributed by atoms with Gasteiger partial charge in [0.15, 0.2) is 5.69 Å². The van der Waals surface area contributed by atoms with Gasteiger partial charge in [0.1, 0.15) is 0 Å². The van der Waals surface area contributed by atoms with Crippen molar-refractivity contribution in [2.24, 2.45) is 0 Å². The summed E-state index contributed by atoms with van der Waals surface area (Å²) >= 11 is 1.68. The summed E-state index contributed by atoms with van der Waals surface area (Å²) in [4.78, 5) is 24.0. The fraction of sp³-hybridized carbons (Fsp3) is 0.500. The Balaban J connectivity index is 1.38. The van der Waals surface area contributed by atoms with E-state index >= 15 is 0 Å². The minimum atomic E-state index is -4.74. The van der Waals surface area contributed by atoms with E-state index in [0.29, 0.717) is 57.1 Å². The monoisotopic (exact) mass is 464 g/mol. The van der Waals surface area contributed by atoms with Gasteiger partial charge < -0.3 is 14.5 Å². The fourth-order valence-electron chi connectivity index (χ4n) is 4.70. The first kappa shape index (κ1) is 21.5. The predicted molar refractivity (Wildman–Crippen MR) is 115 cm³/mol. The summed E-state index contributed by atoms with van der Waals surface area (Å²) in [6.07, 6.45) is -2.42. The molecule has 0 N–H and O–H groups in total. The number of aromatic nitrogens is 2. The third kappa shape index (κ3) is 3.83. The topological polar surface area (TPSA) is 58.6 Å². The molecule has 0 radical (unpaired) electrons. The Morgan fingerprint density at radius 2 is 1.81 bits per heavy atom. The van der Waals surface area contributed by atoms with Crippen LogP contribution in [0.25, 0.3) is 0 Å². The molecule has 6 nitrogen and oxygen atoms in total. The molecule has 1 aromatic carbocycles. The molecular weight excluding hydrogens is 441 g/mol. The summed E-state index contributed by atoms with van der Waals surface area (Å²) in [5, 5.41) is 0. The van der Waals surface area contributed by atoms with Gasteiger partial charge in [0.2, 0.25) is 5.95 Å². The number of halogens is 3. The Morgan fingerprint density at radius 1 is 1.09 bits per heavy atom. The maximum atomic E-state index is 13.8. The third-order valence-corrected chi connectivity index (χ3v) is 7.38. The van der Waals surface area contributed by atoms with Crippen molar-refractivity contribution < 1.29 is 22.7 Å². The molecule has 10 heteroatoms. The highest BCUT2D eigenvalue weighted by Gasteiger charge is 2.44. The highest BCUT2D eigenvalue weighted by atomic mass is 32.2. The molecule has 0 atom stereocenters. The average molecular weight is 465 g/mol. The van der Waals surface area contributed by atoms with E-state index in [1.807, 2.05) is 18.2 Å². The molecule has 2 fully saturated rings. The number of benzene rings is 1. The molecule has 0 unspecified atom stereocenters. The molecule has 2 saturated heterocycles. The number of ether oxygens (including phenoxy) is 1. The Kier molecular flexibility index (Phi) is 5.53. The lowest BCUT2D eigenvalue weighted by molar-refractivity contribution is -0.141. The highest BCUT2D eigenvalue weighted by Crippen LogP contribution is 2.44. The Bertz CT molecular complexity index is 1020. The SMILES string of the molecule is O=C(c1cnc(N2CCC3(CC2)OCc2ccccc23)nc1C(F)(F)F)N1CCSCC1. The Labute approximate surface area is 188 Å². The van der Waals surface area contributed by atoms with E-state index in [0.717, 1.165) is 17.3 Å². The fourth-order valence-corrected chi connectivity index (χ4v) is 5.60. The van der Waals surface area contributed by atoms with Crippen LogP contribution in [0, 0.1) is 0 Å². The average Bonchev–Trinajstić information content (AvgIpc) is 3.17. The molecule has 2 aromatic rings. The zero-order valence-electron chi connectivity index (χ0n) is 17.4. The second kappa shape index (κ2) is 8.22. The highest BCUT2D eigenvalue weighted by molar-refractivity contribution is 7.99. The van der Waals surface area contributed by atoms with Gasteiger partial charge in [0.25, 0.3) is 5.91 Å². The summed E-state index contributed by atoms with van der Waals surface area (Å²) in [7, 11) is 0. The molecule has 3 aliphatic rings. The summed E-state index contributed by atoms with van der Waals surface area (Å²) in [5.41, 5.74) is 0.290. The lowest BCUT2D eigenvalue weighted by Crippen LogP contribution is -2.43. The van der Waals surface area contributed by atoms with Crippen LogP contribution in [0.1, 0.15) is 40.0 Å². The van der Waals surface area contributed by atoms with Crippen molar-refractivity contribution in [3.8, 4) is 0 Å². The van der Waals surface area contributed by atoms with Crippen LogP contribution in [-0.2, 0) is 23.1 Å². The lowest BCUT2D eigenvalue weighted by atomic mass is 9.84. The molecule has 1 amide bonds. The number of carbonyl (C=O) groups is 1. The van der Waals surface area contributed by atoms with Gasteiger partial charge in [-0.25, -0.2) is 9.97 Å². The van der Waals surface area contributed by atoms with Crippen LogP contribution < -0.4 is 4.90 Å². The second-order valence-corrected chi connectivity index (χ2v) is 9.49. The number of anilines is 1. The molecule has 0 saturated carbocycles. The van der Waals surface area contributed by atoms with Crippen LogP contribution in [0.15, 0.2) is 30.5 Å². The molecule has 3 aliphatic heterocycles. The van der Waals surface area contributed by atoms with Crippen molar-refractivity contribution in [3.05, 3.63) is 52.8 Å². The van der Waals surface area contributed by atoms with Crippen LogP contribution in [0.4, 0.5) is 19.1 Å². The number of alkyl halides is 3. The zero-order chi connectivity index (χ0) is 22.3. The van der Waals surface area contributed by atoms with Gasteiger partial charge in [0.05, 0.1) is 17.8 Å². The van der Waals surface area contributed by atoms with Crippen molar-refractivity contribution in [3.63, 3.8) is 0 Å². The molecule has 32 heavy (non-hydrogen) atoms. The molecule has 0 bridgehead atoms. The van der Waals surface area contributed by atoms with Gasteiger partial charge in [0, 0.05) is 43.9 Å². The first-order valence-corrected chi connectivity index (χ1v) is 11.8. The maximum absolute atomic E-state index is 13.8. The van der Waals surface area contributed by atoms with Gasteiger partial charge >= 0.3 is 6.18 Å². The number of carbonyl (C=O) groups excluding carboxylic acids is 1. The molecule has 0 aliphatic carbocycles. The van der Waals surface area contributed by atoms with Crippen LogP contribution >= 0.6 is 11.8 Å². The molecule has 170 valence electrons. The van der Waals surface area contributed by atoms with Crippen LogP contribution in [0.2, 0.25) is 0 Å². The van der Waals surface area contributed by atoms with Crippen molar-refractivity contribution in [1.82, 2.24) is 14.9 Å². The van der Waals surface area contributed by atoms with Gasteiger partial charge in [-0.2, -0.15) is 24.9 Å². The van der Waals surface area contributed by atoms with E-state index in [9.17, 15) is 18.0 Å². The quantitative estimate of drug-likeness (QED) is 0.676. The number of amides is 1. The standard InChI is InChI=1S/C22H23F3N4O2S/c23-22(24,25)18-16(19(30)28-9-11-32-12-10-28)13-26-20(27-18)29-7-5-21(6-8-29)17-4-2-1-3-15(17)14-31-21/h1-4,13H,5-12,14H2. The van der Waals surface area contributed by atoms with Gasteiger partial charge in [-0.3, -0.25) is 4.79 Å². The summed E-state index contributed by atoms with van der Waals surface area (Å²) in [6.45, 7) is 2.36. The van der Waals surface area contributed by atoms with Gasteiger partial charge in [-0.1, -0.05) is 24.3 Å². The minimum absolute atomic E-state index is 0.00390. The summed E-state index contributed by atoms with van der Waals surface area (Å²) in [5.74, 6) is 0.779. The van der Waals surface area contributed by atoms with Crippen molar-refractivity contribution in [1.29, 1.82) is 0 Å². The molecule has 1 spiro atoms. The Morgan fingerprint density at radius 3 is 2.53 bits per heavy atom. The second-order valence-electron chi connectivity index (χ2n) is 8.26. The predicted octanol–water partition coefficient (Wildman–Crippen LogP) is 3.71. The molecule has 4 heterocycles. The van der Waals surface area contributed by atoms with Crippen molar-refractivity contribution in [2.45, 2.75) is 31.2 Å². The number of thioether (sulfide) groups is 1. The molecule has 1 aromatic heterocycles. The van der Waals surface area contributed by atoms with E-state index in [1.165, 1.54) is 4.90 Å². The Hall–Kier alpha value is -2.33. The van der Waals surface area contributed by atoms with Gasteiger partial charge in [-0.15, -0.1) is 0 Å². The van der Waals surface area contributed by atoms with Crippen molar-refractivity contribution in [2.75, 3.05) is 42.6 Å². The lowest BCUT2D eigenvalue weighted by Gasteiger charge is -2.39. The van der Waals surface area contributed by atoms with Crippen molar-refractivity contribution >= 4 is 23.6 Å². The zero-order valence-corrected chi connectivity index (χ0v) is 18.2.